The second-order valence-electron chi connectivity index (χ2n) is 4.01. The van der Waals surface area contributed by atoms with E-state index in [0.717, 1.165) is 40.3 Å². The zero-order chi connectivity index (χ0) is 13.0. The van der Waals surface area contributed by atoms with Crippen LogP contribution in [0.3, 0.4) is 0 Å². The summed E-state index contributed by atoms with van der Waals surface area (Å²) in [6.07, 6.45) is 2.77. The van der Waals surface area contributed by atoms with Gasteiger partial charge in [-0.3, -0.25) is 0 Å². The van der Waals surface area contributed by atoms with Crippen molar-refractivity contribution in [3.63, 3.8) is 0 Å². The summed E-state index contributed by atoms with van der Waals surface area (Å²) in [5, 5.41) is 4.22. The summed E-state index contributed by atoms with van der Waals surface area (Å²) in [7, 11) is 0. The van der Waals surface area contributed by atoms with Crippen LogP contribution in [0.2, 0.25) is 0 Å². The van der Waals surface area contributed by atoms with E-state index in [-0.39, 0.29) is 0 Å². The number of nitrogens with zero attached hydrogens (tertiary/aromatic N) is 2. The molecule has 0 saturated heterocycles. The molecule has 1 N–H and O–H groups in total. The molecule has 0 bridgehead atoms. The number of hydrogen-bond acceptors (Lipinski definition) is 5. The number of hydrogen-bond donors (Lipinski definition) is 1. The van der Waals surface area contributed by atoms with Gasteiger partial charge in [0.1, 0.15) is 22.4 Å². The van der Waals surface area contributed by atoms with E-state index in [4.69, 9.17) is 4.42 Å². The minimum Gasteiger partial charge on any atom is -0.468 e. The number of furan rings is 1. The minimum atomic E-state index is 0.778. The van der Waals surface area contributed by atoms with Gasteiger partial charge in [-0.15, -0.1) is 0 Å². The van der Waals surface area contributed by atoms with E-state index in [1.54, 1.807) is 18.0 Å². The lowest BCUT2D eigenvalue weighted by Crippen LogP contribution is -2.04. The number of aromatic nitrogens is 2. The van der Waals surface area contributed by atoms with E-state index in [0.29, 0.717) is 0 Å². The van der Waals surface area contributed by atoms with Crippen molar-refractivity contribution in [3.8, 4) is 0 Å². The fourth-order valence-electron chi connectivity index (χ4n) is 1.53. The highest BCUT2D eigenvalue weighted by Crippen LogP contribution is 2.30. The van der Waals surface area contributed by atoms with E-state index >= 15 is 0 Å². The van der Waals surface area contributed by atoms with Crippen molar-refractivity contribution in [2.75, 3.05) is 11.9 Å². The van der Waals surface area contributed by atoms with Crippen LogP contribution in [-0.2, 0) is 0 Å². The van der Waals surface area contributed by atoms with Gasteiger partial charge < -0.3 is 9.73 Å². The monoisotopic (exact) mass is 263 g/mol. The lowest BCUT2D eigenvalue weighted by Gasteiger charge is -2.07. The third-order valence-corrected chi connectivity index (χ3v) is 3.46. The van der Waals surface area contributed by atoms with Gasteiger partial charge in [0.2, 0.25) is 0 Å². The zero-order valence-corrected chi connectivity index (χ0v) is 11.7. The van der Waals surface area contributed by atoms with Gasteiger partial charge in [-0.25, -0.2) is 9.97 Å². The third-order valence-electron chi connectivity index (χ3n) is 2.40. The molecule has 2 aromatic heterocycles. The molecule has 0 aliphatic heterocycles. The summed E-state index contributed by atoms with van der Waals surface area (Å²) in [5.74, 6) is 2.58. The van der Waals surface area contributed by atoms with Gasteiger partial charge in [0.05, 0.1) is 11.2 Å². The second kappa shape index (κ2) is 5.91. The number of nitrogens with one attached hydrogen (secondary N) is 1. The Hall–Kier alpha value is -1.49. The smallest absolute Gasteiger partial charge is 0.130 e. The molecule has 0 unspecified atom stereocenters. The summed E-state index contributed by atoms with van der Waals surface area (Å²) in [4.78, 5) is 9.88. The molecule has 2 aromatic rings. The zero-order valence-electron chi connectivity index (χ0n) is 10.9. The normalized spacial score (nSPS) is 10.6. The average molecular weight is 263 g/mol. The van der Waals surface area contributed by atoms with Crippen LogP contribution in [0.15, 0.2) is 32.7 Å². The third kappa shape index (κ3) is 3.26. The summed E-state index contributed by atoms with van der Waals surface area (Å²) < 4.78 is 5.28. The van der Waals surface area contributed by atoms with Gasteiger partial charge in [0.25, 0.3) is 0 Å². The summed E-state index contributed by atoms with van der Waals surface area (Å²) >= 11 is 1.60. The number of aryl methyl sites for hydroxylation is 2. The molecule has 0 atom stereocenters. The molecule has 0 spiro atoms. The maximum Gasteiger partial charge on any atom is 0.130 e. The van der Waals surface area contributed by atoms with Crippen molar-refractivity contribution >= 4 is 17.6 Å². The first-order chi connectivity index (χ1) is 8.69. The summed E-state index contributed by atoms with van der Waals surface area (Å²) in [6, 6.07) is 3.93. The fourth-order valence-corrected chi connectivity index (χ4v) is 2.42. The van der Waals surface area contributed by atoms with E-state index in [1.807, 2.05) is 26.0 Å². The molecule has 2 rings (SSSR count). The molecule has 2 heterocycles. The van der Waals surface area contributed by atoms with Crippen molar-refractivity contribution in [2.24, 2.45) is 0 Å². The van der Waals surface area contributed by atoms with Crippen LogP contribution in [0.4, 0.5) is 5.82 Å². The minimum absolute atomic E-state index is 0.778. The quantitative estimate of drug-likeness (QED) is 0.834. The first-order valence-corrected chi connectivity index (χ1v) is 6.82. The predicted molar refractivity (Wildman–Crippen MR) is 73.1 cm³/mol. The molecule has 18 heavy (non-hydrogen) atoms. The van der Waals surface area contributed by atoms with Gasteiger partial charge in [-0.2, -0.15) is 0 Å². The van der Waals surface area contributed by atoms with Crippen molar-refractivity contribution in [3.05, 3.63) is 30.0 Å². The first-order valence-electron chi connectivity index (χ1n) is 6.00. The fraction of sp³-hybridized carbons (Fsp3) is 0.385. The molecule has 5 heteroatoms. The van der Waals surface area contributed by atoms with Crippen LogP contribution in [0.1, 0.15) is 24.9 Å². The molecule has 0 aliphatic carbocycles. The van der Waals surface area contributed by atoms with Crippen molar-refractivity contribution < 1.29 is 4.42 Å². The molecule has 0 saturated carbocycles. The SMILES string of the molecule is CCCNc1cc(Sc2ccoc2C)nc(C)n1. The first kappa shape index (κ1) is 13.0. The van der Waals surface area contributed by atoms with Crippen LogP contribution < -0.4 is 5.32 Å². The van der Waals surface area contributed by atoms with Gasteiger partial charge in [-0.1, -0.05) is 18.7 Å². The molecule has 0 amide bonds. The van der Waals surface area contributed by atoms with Crippen LogP contribution in [0.5, 0.6) is 0 Å². The standard InChI is InChI=1S/C13H17N3OS/c1-4-6-14-12-8-13(16-10(3)15-12)18-11-5-7-17-9(11)2/h5,7-8H,4,6H2,1-3H3,(H,14,15,16). The van der Waals surface area contributed by atoms with Gasteiger partial charge in [0, 0.05) is 12.6 Å². The highest BCUT2D eigenvalue weighted by molar-refractivity contribution is 7.99. The second-order valence-corrected chi connectivity index (χ2v) is 5.07. The summed E-state index contributed by atoms with van der Waals surface area (Å²) in [5.41, 5.74) is 0. The average Bonchev–Trinajstić information content (AvgIpc) is 2.72. The molecule has 96 valence electrons. The lowest BCUT2D eigenvalue weighted by molar-refractivity contribution is 0.527. The molecular formula is C13H17N3OS. The van der Waals surface area contributed by atoms with Gasteiger partial charge in [0.15, 0.2) is 0 Å². The molecule has 4 nitrogen and oxygen atoms in total. The molecule has 0 fully saturated rings. The maximum absolute atomic E-state index is 5.28. The van der Waals surface area contributed by atoms with Crippen LogP contribution in [-0.4, -0.2) is 16.5 Å². The lowest BCUT2D eigenvalue weighted by atomic mass is 10.4. The highest BCUT2D eigenvalue weighted by Gasteiger charge is 2.07. The molecular weight excluding hydrogens is 246 g/mol. The van der Waals surface area contributed by atoms with E-state index in [9.17, 15) is 0 Å². The maximum atomic E-state index is 5.28. The Bertz CT molecular complexity index is 525. The Kier molecular flexibility index (Phi) is 4.25. The molecule has 0 aromatic carbocycles. The molecule has 0 aliphatic rings. The number of anilines is 1. The van der Waals surface area contributed by atoms with Crippen LogP contribution in [0, 0.1) is 13.8 Å². The van der Waals surface area contributed by atoms with Crippen LogP contribution >= 0.6 is 11.8 Å². The Balaban J connectivity index is 2.17. The van der Waals surface area contributed by atoms with E-state index in [1.165, 1.54) is 0 Å². The topological polar surface area (TPSA) is 51.0 Å². The Labute approximate surface area is 111 Å². The highest BCUT2D eigenvalue weighted by atomic mass is 32.2. The largest absolute Gasteiger partial charge is 0.468 e. The Morgan fingerprint density at radius 1 is 1.33 bits per heavy atom. The van der Waals surface area contributed by atoms with Crippen LogP contribution in [0.25, 0.3) is 0 Å². The van der Waals surface area contributed by atoms with Gasteiger partial charge >= 0.3 is 0 Å². The number of rotatable bonds is 5. The Morgan fingerprint density at radius 2 is 2.17 bits per heavy atom. The van der Waals surface area contributed by atoms with E-state index < -0.39 is 0 Å². The molecule has 0 radical (unpaired) electrons. The summed E-state index contributed by atoms with van der Waals surface area (Å²) in [6.45, 7) is 6.91. The van der Waals surface area contributed by atoms with Crippen molar-refractivity contribution in [1.29, 1.82) is 0 Å². The Morgan fingerprint density at radius 3 is 2.83 bits per heavy atom. The van der Waals surface area contributed by atoms with Gasteiger partial charge in [-0.05, 0) is 26.3 Å². The van der Waals surface area contributed by atoms with E-state index in [2.05, 4.69) is 22.2 Å². The predicted octanol–water partition coefficient (Wildman–Crippen LogP) is 3.66. The van der Waals surface area contributed by atoms with Crippen molar-refractivity contribution in [2.45, 2.75) is 37.1 Å². The van der Waals surface area contributed by atoms with Crippen molar-refractivity contribution in [1.82, 2.24) is 9.97 Å².